The third-order valence-corrected chi connectivity index (χ3v) is 3.43. The molecule has 0 spiro atoms. The van der Waals surface area contributed by atoms with Gasteiger partial charge in [0.15, 0.2) is 0 Å². The fourth-order valence-corrected chi connectivity index (χ4v) is 2.14. The second kappa shape index (κ2) is 8.00. The van der Waals surface area contributed by atoms with Crippen molar-refractivity contribution in [3.05, 3.63) is 33.8 Å². The van der Waals surface area contributed by atoms with Crippen molar-refractivity contribution < 1.29 is 0 Å². The van der Waals surface area contributed by atoms with Gasteiger partial charge in [0.2, 0.25) is 0 Å². The van der Waals surface area contributed by atoms with Crippen molar-refractivity contribution in [3.63, 3.8) is 0 Å². The van der Waals surface area contributed by atoms with Gasteiger partial charge in [0.05, 0.1) is 0 Å². The molecule has 0 fully saturated rings. The van der Waals surface area contributed by atoms with Gasteiger partial charge in [-0.2, -0.15) is 0 Å². The first-order valence-corrected chi connectivity index (χ1v) is 7.18. The summed E-state index contributed by atoms with van der Waals surface area (Å²) in [6, 6.07) is 6.16. The van der Waals surface area contributed by atoms with Crippen molar-refractivity contribution in [1.29, 1.82) is 0 Å². The first-order chi connectivity index (χ1) is 8.52. The Kier molecular flexibility index (Phi) is 7.02. The summed E-state index contributed by atoms with van der Waals surface area (Å²) in [6.45, 7) is 10.3. The molecule has 1 rings (SSSR count). The van der Waals surface area contributed by atoms with E-state index in [9.17, 15) is 0 Å². The molecule has 102 valence electrons. The Morgan fingerprint density at radius 3 is 2.61 bits per heavy atom. The Bertz CT molecular complexity index is 367. The van der Waals surface area contributed by atoms with E-state index in [-0.39, 0.29) is 0 Å². The van der Waals surface area contributed by atoms with Crippen LogP contribution < -0.4 is 5.32 Å². The second-order valence-electron chi connectivity index (χ2n) is 4.71. The molecule has 1 aromatic carbocycles. The molecular formula is C14H22Cl2N2. The number of rotatable bonds is 7. The highest BCUT2D eigenvalue weighted by Crippen LogP contribution is 2.21. The van der Waals surface area contributed by atoms with Crippen LogP contribution >= 0.6 is 23.2 Å². The first-order valence-electron chi connectivity index (χ1n) is 6.42. The minimum atomic E-state index is 0.526. The molecular weight excluding hydrogens is 267 g/mol. The lowest BCUT2D eigenvalue weighted by atomic mass is 10.2. The third kappa shape index (κ3) is 5.57. The van der Waals surface area contributed by atoms with E-state index in [2.05, 4.69) is 31.0 Å². The van der Waals surface area contributed by atoms with Crippen molar-refractivity contribution in [2.45, 2.75) is 33.4 Å². The largest absolute Gasteiger partial charge is 0.313 e. The molecule has 0 aliphatic carbocycles. The fourth-order valence-electron chi connectivity index (χ4n) is 1.77. The van der Waals surface area contributed by atoms with Gasteiger partial charge in [0.25, 0.3) is 0 Å². The van der Waals surface area contributed by atoms with E-state index >= 15 is 0 Å². The molecule has 0 aliphatic heterocycles. The molecule has 0 unspecified atom stereocenters. The zero-order valence-corrected chi connectivity index (χ0v) is 12.9. The fraction of sp³-hybridized carbons (Fsp3) is 0.571. The summed E-state index contributed by atoms with van der Waals surface area (Å²) < 4.78 is 0. The summed E-state index contributed by atoms with van der Waals surface area (Å²) >= 11 is 12.2. The molecule has 0 aromatic heterocycles. The maximum absolute atomic E-state index is 6.18. The van der Waals surface area contributed by atoms with Crippen LogP contribution in [-0.4, -0.2) is 30.6 Å². The van der Waals surface area contributed by atoms with Crippen LogP contribution in [0.1, 0.15) is 26.3 Å². The first kappa shape index (κ1) is 15.8. The molecule has 4 heteroatoms. The Morgan fingerprint density at radius 1 is 1.28 bits per heavy atom. The van der Waals surface area contributed by atoms with Gasteiger partial charge in [-0.25, -0.2) is 0 Å². The molecule has 0 bridgehead atoms. The van der Waals surface area contributed by atoms with Crippen LogP contribution in [0.5, 0.6) is 0 Å². The predicted octanol–water partition coefficient (Wildman–Crippen LogP) is 3.81. The normalized spacial score (nSPS) is 11.5. The van der Waals surface area contributed by atoms with Crippen LogP contribution in [0.15, 0.2) is 18.2 Å². The lowest BCUT2D eigenvalue weighted by Crippen LogP contribution is -2.34. The SMILES string of the molecule is CCN(CCNC(C)C)Cc1cc(Cl)ccc1Cl. The second-order valence-corrected chi connectivity index (χ2v) is 5.56. The molecule has 1 N–H and O–H groups in total. The number of halogens is 2. The van der Waals surface area contributed by atoms with Gasteiger partial charge in [0.1, 0.15) is 0 Å². The molecule has 0 saturated heterocycles. The molecule has 0 atom stereocenters. The van der Waals surface area contributed by atoms with E-state index in [4.69, 9.17) is 23.2 Å². The van der Waals surface area contributed by atoms with Crippen LogP contribution in [0.4, 0.5) is 0 Å². The maximum atomic E-state index is 6.18. The van der Waals surface area contributed by atoms with Gasteiger partial charge in [0, 0.05) is 35.7 Å². The summed E-state index contributed by atoms with van der Waals surface area (Å²) in [5.41, 5.74) is 1.09. The van der Waals surface area contributed by atoms with Crippen molar-refractivity contribution in [1.82, 2.24) is 10.2 Å². The molecule has 0 heterocycles. The Labute approximate surface area is 120 Å². The zero-order valence-electron chi connectivity index (χ0n) is 11.3. The minimum absolute atomic E-state index is 0.526. The van der Waals surface area contributed by atoms with Crippen molar-refractivity contribution in [2.75, 3.05) is 19.6 Å². The molecule has 0 aliphatic rings. The molecule has 2 nitrogen and oxygen atoms in total. The van der Waals surface area contributed by atoms with Crippen molar-refractivity contribution >= 4 is 23.2 Å². The number of likely N-dealkylation sites (N-methyl/N-ethyl adjacent to an activating group) is 1. The lowest BCUT2D eigenvalue weighted by molar-refractivity contribution is 0.276. The molecule has 18 heavy (non-hydrogen) atoms. The summed E-state index contributed by atoms with van der Waals surface area (Å²) in [5.74, 6) is 0. The number of hydrogen-bond donors (Lipinski definition) is 1. The van der Waals surface area contributed by atoms with Gasteiger partial charge in [-0.1, -0.05) is 44.0 Å². The van der Waals surface area contributed by atoms with E-state index in [0.717, 1.165) is 41.8 Å². The van der Waals surface area contributed by atoms with E-state index < -0.39 is 0 Å². The topological polar surface area (TPSA) is 15.3 Å². The van der Waals surface area contributed by atoms with Crippen LogP contribution in [-0.2, 0) is 6.54 Å². The smallest absolute Gasteiger partial charge is 0.0452 e. The monoisotopic (exact) mass is 288 g/mol. The van der Waals surface area contributed by atoms with E-state index in [1.807, 2.05) is 18.2 Å². The highest BCUT2D eigenvalue weighted by Gasteiger charge is 2.07. The third-order valence-electron chi connectivity index (χ3n) is 2.83. The highest BCUT2D eigenvalue weighted by atomic mass is 35.5. The van der Waals surface area contributed by atoms with Crippen molar-refractivity contribution in [2.24, 2.45) is 0 Å². The van der Waals surface area contributed by atoms with Crippen molar-refractivity contribution in [3.8, 4) is 0 Å². The molecule has 0 amide bonds. The van der Waals surface area contributed by atoms with Gasteiger partial charge < -0.3 is 5.32 Å². The average molecular weight is 289 g/mol. The highest BCUT2D eigenvalue weighted by molar-refractivity contribution is 6.33. The summed E-state index contributed by atoms with van der Waals surface area (Å²) in [4.78, 5) is 2.35. The van der Waals surface area contributed by atoms with Crippen LogP contribution in [0, 0.1) is 0 Å². The standard InChI is InChI=1S/C14H22Cl2N2/c1-4-18(8-7-17-11(2)3)10-12-9-13(15)5-6-14(12)16/h5-6,9,11,17H,4,7-8,10H2,1-3H3. The molecule has 1 aromatic rings. The zero-order chi connectivity index (χ0) is 13.5. The Hall–Kier alpha value is -0.280. The number of hydrogen-bond acceptors (Lipinski definition) is 2. The van der Waals surface area contributed by atoms with Gasteiger partial charge in [-0.15, -0.1) is 0 Å². The number of benzene rings is 1. The van der Waals surface area contributed by atoms with E-state index in [0.29, 0.717) is 6.04 Å². The summed E-state index contributed by atoms with van der Waals surface area (Å²) in [5, 5.41) is 4.95. The average Bonchev–Trinajstić information content (AvgIpc) is 2.32. The minimum Gasteiger partial charge on any atom is -0.313 e. The Balaban J connectivity index is 2.54. The van der Waals surface area contributed by atoms with Crippen LogP contribution in [0.2, 0.25) is 10.0 Å². The van der Waals surface area contributed by atoms with Gasteiger partial charge in [-0.3, -0.25) is 4.90 Å². The Morgan fingerprint density at radius 2 is 2.00 bits per heavy atom. The van der Waals surface area contributed by atoms with E-state index in [1.165, 1.54) is 0 Å². The van der Waals surface area contributed by atoms with Gasteiger partial charge >= 0.3 is 0 Å². The molecule has 0 radical (unpaired) electrons. The number of nitrogens with one attached hydrogen (secondary N) is 1. The lowest BCUT2D eigenvalue weighted by Gasteiger charge is -2.22. The predicted molar refractivity (Wildman–Crippen MR) is 80.6 cm³/mol. The maximum Gasteiger partial charge on any atom is 0.0452 e. The van der Waals surface area contributed by atoms with Gasteiger partial charge in [-0.05, 0) is 30.3 Å². The quantitative estimate of drug-likeness (QED) is 0.821. The van der Waals surface area contributed by atoms with Crippen LogP contribution in [0.3, 0.4) is 0 Å². The number of nitrogens with zero attached hydrogens (tertiary/aromatic N) is 1. The van der Waals surface area contributed by atoms with Crippen LogP contribution in [0.25, 0.3) is 0 Å². The summed E-state index contributed by atoms with van der Waals surface area (Å²) in [6.07, 6.45) is 0. The summed E-state index contributed by atoms with van der Waals surface area (Å²) in [7, 11) is 0. The molecule has 0 saturated carbocycles. The van der Waals surface area contributed by atoms with E-state index in [1.54, 1.807) is 0 Å².